The lowest BCUT2D eigenvalue weighted by atomic mass is 10.0. The number of nitriles is 1. The summed E-state index contributed by atoms with van der Waals surface area (Å²) in [4.78, 5) is 15.7. The number of amides is 1. The van der Waals surface area contributed by atoms with E-state index >= 15 is 0 Å². The van der Waals surface area contributed by atoms with Crippen LogP contribution in [0.4, 0.5) is 0 Å². The zero-order chi connectivity index (χ0) is 11.8. The maximum Gasteiger partial charge on any atom is 0.237 e. The van der Waals surface area contributed by atoms with Gasteiger partial charge in [0.1, 0.15) is 5.92 Å². The Morgan fingerprint density at radius 3 is 3.00 bits per heavy atom. The topological polar surface area (TPSA) is 65.8 Å². The van der Waals surface area contributed by atoms with Gasteiger partial charge in [0.25, 0.3) is 0 Å². The summed E-state index contributed by atoms with van der Waals surface area (Å²) in [7, 11) is 0. The highest BCUT2D eigenvalue weighted by atomic mass is 16.1. The Hall–Kier alpha value is -1.89. The van der Waals surface area contributed by atoms with Crippen molar-refractivity contribution in [3.63, 3.8) is 0 Å². The number of pyridine rings is 1. The molecule has 84 valence electrons. The second-order valence-electron chi connectivity index (χ2n) is 3.50. The van der Waals surface area contributed by atoms with E-state index in [1.165, 1.54) is 0 Å². The van der Waals surface area contributed by atoms with Crippen molar-refractivity contribution in [2.24, 2.45) is 5.92 Å². The monoisotopic (exact) mass is 217 g/mol. The summed E-state index contributed by atoms with van der Waals surface area (Å²) < 4.78 is 0. The highest BCUT2D eigenvalue weighted by molar-refractivity contribution is 5.81. The minimum atomic E-state index is -0.651. The van der Waals surface area contributed by atoms with Crippen LogP contribution < -0.4 is 5.32 Å². The van der Waals surface area contributed by atoms with Gasteiger partial charge in [0.15, 0.2) is 0 Å². The zero-order valence-corrected chi connectivity index (χ0v) is 9.31. The average Bonchev–Trinajstić information content (AvgIpc) is 2.34. The smallest absolute Gasteiger partial charge is 0.237 e. The molecule has 0 saturated heterocycles. The van der Waals surface area contributed by atoms with Gasteiger partial charge in [-0.25, -0.2) is 0 Å². The van der Waals surface area contributed by atoms with Crippen LogP contribution in [0.25, 0.3) is 0 Å². The van der Waals surface area contributed by atoms with Crippen LogP contribution in [0.3, 0.4) is 0 Å². The molecule has 0 bridgehead atoms. The molecule has 0 saturated carbocycles. The fraction of sp³-hybridized carbons (Fsp3) is 0.417. The van der Waals surface area contributed by atoms with Crippen LogP contribution in [0.2, 0.25) is 0 Å². The van der Waals surface area contributed by atoms with Crippen molar-refractivity contribution in [3.8, 4) is 6.07 Å². The molecule has 1 amide bonds. The minimum Gasteiger partial charge on any atom is -0.355 e. The maximum atomic E-state index is 11.6. The van der Waals surface area contributed by atoms with Gasteiger partial charge in [0, 0.05) is 24.9 Å². The number of rotatable bonds is 5. The van der Waals surface area contributed by atoms with Gasteiger partial charge in [-0.3, -0.25) is 9.78 Å². The van der Waals surface area contributed by atoms with Crippen molar-refractivity contribution in [1.29, 1.82) is 5.26 Å². The van der Waals surface area contributed by atoms with Gasteiger partial charge in [0.05, 0.1) is 6.07 Å². The molecule has 1 rings (SSSR count). The van der Waals surface area contributed by atoms with Gasteiger partial charge < -0.3 is 5.32 Å². The molecule has 1 aromatic heterocycles. The van der Waals surface area contributed by atoms with Crippen molar-refractivity contribution in [1.82, 2.24) is 10.3 Å². The number of aromatic nitrogens is 1. The Labute approximate surface area is 95.3 Å². The second-order valence-corrected chi connectivity index (χ2v) is 3.50. The summed E-state index contributed by atoms with van der Waals surface area (Å²) in [5.41, 5.74) is 0.765. The molecule has 0 aliphatic rings. The van der Waals surface area contributed by atoms with E-state index in [0.29, 0.717) is 13.0 Å². The number of carbonyl (C=O) groups excluding carboxylic acids is 1. The fourth-order valence-electron chi connectivity index (χ4n) is 1.30. The van der Waals surface area contributed by atoms with Gasteiger partial charge in [-0.1, -0.05) is 13.0 Å². The number of nitrogens with zero attached hydrogens (tertiary/aromatic N) is 2. The molecule has 0 spiro atoms. The van der Waals surface area contributed by atoms with E-state index in [1.54, 1.807) is 6.20 Å². The number of nitrogens with one attached hydrogen (secondary N) is 1. The predicted molar refractivity (Wildman–Crippen MR) is 60.3 cm³/mol. The molecule has 16 heavy (non-hydrogen) atoms. The normalized spacial score (nSPS) is 11.5. The van der Waals surface area contributed by atoms with Gasteiger partial charge >= 0.3 is 0 Å². The molecule has 0 aromatic carbocycles. The summed E-state index contributed by atoms with van der Waals surface area (Å²) in [6, 6.07) is 7.48. The quantitative estimate of drug-likeness (QED) is 0.808. The van der Waals surface area contributed by atoms with Crippen LogP contribution in [0.15, 0.2) is 24.4 Å². The Morgan fingerprint density at radius 1 is 1.62 bits per heavy atom. The van der Waals surface area contributed by atoms with Crippen LogP contribution in [-0.4, -0.2) is 17.4 Å². The van der Waals surface area contributed by atoms with Crippen molar-refractivity contribution in [3.05, 3.63) is 30.1 Å². The molecule has 1 aromatic rings. The third kappa shape index (κ3) is 3.70. The minimum absolute atomic E-state index is 0.213. The molecule has 0 aliphatic carbocycles. The molecule has 4 heteroatoms. The van der Waals surface area contributed by atoms with Gasteiger partial charge in [-0.05, 0) is 18.6 Å². The largest absolute Gasteiger partial charge is 0.355 e. The first-order valence-electron chi connectivity index (χ1n) is 5.35. The molecule has 0 radical (unpaired) electrons. The summed E-state index contributed by atoms with van der Waals surface area (Å²) >= 11 is 0. The Bertz CT molecular complexity index is 370. The van der Waals surface area contributed by atoms with E-state index in [9.17, 15) is 4.79 Å². The highest BCUT2D eigenvalue weighted by Gasteiger charge is 2.17. The lowest BCUT2D eigenvalue weighted by molar-refractivity contribution is -0.123. The van der Waals surface area contributed by atoms with E-state index in [-0.39, 0.29) is 5.91 Å². The third-order valence-electron chi connectivity index (χ3n) is 2.16. The first-order valence-corrected chi connectivity index (χ1v) is 5.35. The van der Waals surface area contributed by atoms with Crippen LogP contribution in [0.5, 0.6) is 0 Å². The van der Waals surface area contributed by atoms with Gasteiger partial charge in [-0.2, -0.15) is 5.26 Å². The van der Waals surface area contributed by atoms with Crippen LogP contribution in [0, 0.1) is 17.2 Å². The first kappa shape index (κ1) is 12.2. The second kappa shape index (κ2) is 6.57. The molecular weight excluding hydrogens is 202 g/mol. The van der Waals surface area contributed by atoms with Crippen molar-refractivity contribution >= 4 is 5.91 Å². The first-order chi connectivity index (χ1) is 7.77. The molecule has 1 unspecified atom stereocenters. The van der Waals surface area contributed by atoms with E-state index in [4.69, 9.17) is 5.26 Å². The number of hydrogen-bond acceptors (Lipinski definition) is 3. The van der Waals surface area contributed by atoms with Crippen molar-refractivity contribution < 1.29 is 4.79 Å². The predicted octanol–water partition coefficient (Wildman–Crippen LogP) is 1.29. The Morgan fingerprint density at radius 2 is 2.44 bits per heavy atom. The molecule has 1 heterocycles. The molecular formula is C12H15N3O. The highest BCUT2D eigenvalue weighted by Crippen LogP contribution is 2.05. The van der Waals surface area contributed by atoms with Crippen molar-refractivity contribution in [2.45, 2.75) is 19.8 Å². The van der Waals surface area contributed by atoms with E-state index in [2.05, 4.69) is 10.3 Å². The van der Waals surface area contributed by atoms with E-state index < -0.39 is 5.92 Å². The van der Waals surface area contributed by atoms with Crippen LogP contribution >= 0.6 is 0 Å². The summed E-state index contributed by atoms with van der Waals surface area (Å²) in [5.74, 6) is -0.864. The molecule has 1 N–H and O–H groups in total. The summed E-state index contributed by atoms with van der Waals surface area (Å²) in [6.07, 6.45) is 2.90. The third-order valence-corrected chi connectivity index (χ3v) is 2.16. The lowest BCUT2D eigenvalue weighted by Crippen LogP contribution is -2.31. The fourth-order valence-corrected chi connectivity index (χ4v) is 1.30. The molecule has 0 aliphatic heterocycles. The summed E-state index contributed by atoms with van der Waals surface area (Å²) in [5, 5.41) is 11.6. The van der Waals surface area contributed by atoms with E-state index in [0.717, 1.165) is 12.1 Å². The van der Waals surface area contributed by atoms with Crippen molar-refractivity contribution in [2.75, 3.05) is 6.54 Å². The van der Waals surface area contributed by atoms with Crippen LogP contribution in [-0.2, 0) is 11.2 Å². The maximum absolute atomic E-state index is 11.6. The Kier molecular flexibility index (Phi) is 5.00. The Balaban J connectivity index is 2.56. The molecule has 4 nitrogen and oxygen atoms in total. The van der Waals surface area contributed by atoms with E-state index in [1.807, 2.05) is 31.2 Å². The number of carbonyl (C=O) groups is 1. The SMILES string of the molecule is CCCNC(=O)C(C#N)Cc1ccccn1. The average molecular weight is 217 g/mol. The number of hydrogen-bond donors (Lipinski definition) is 1. The van der Waals surface area contributed by atoms with Gasteiger partial charge in [0.2, 0.25) is 5.91 Å². The summed E-state index contributed by atoms with van der Waals surface area (Å²) in [6.45, 7) is 2.58. The lowest BCUT2D eigenvalue weighted by Gasteiger charge is -2.08. The molecule has 1 atom stereocenters. The molecule has 0 fully saturated rings. The standard InChI is InChI=1S/C12H15N3O/c1-2-6-15-12(16)10(9-13)8-11-5-3-4-7-14-11/h3-5,7,10H,2,6,8H2,1H3,(H,15,16). The van der Waals surface area contributed by atoms with Crippen LogP contribution in [0.1, 0.15) is 19.0 Å². The van der Waals surface area contributed by atoms with Gasteiger partial charge in [-0.15, -0.1) is 0 Å². The zero-order valence-electron chi connectivity index (χ0n) is 9.31.